The number of aromatic carboxylic acids is 1. The molecule has 0 aliphatic rings. The minimum atomic E-state index is -1.05. The van der Waals surface area contributed by atoms with E-state index in [9.17, 15) is 9.18 Å². The fourth-order valence-corrected chi connectivity index (χ4v) is 4.30. The maximum absolute atomic E-state index is 13.8. The number of carboxylic acids is 1. The second-order valence-corrected chi connectivity index (χ2v) is 8.06. The van der Waals surface area contributed by atoms with E-state index in [1.165, 1.54) is 34.1 Å². The third kappa shape index (κ3) is 3.43. The van der Waals surface area contributed by atoms with E-state index in [0.29, 0.717) is 27.9 Å². The predicted molar refractivity (Wildman–Crippen MR) is 106 cm³/mol. The summed E-state index contributed by atoms with van der Waals surface area (Å²) in [4.78, 5) is 19.3. The number of aromatic nitrogens is 4. The molecule has 4 rings (SSSR count). The van der Waals surface area contributed by atoms with E-state index in [0.717, 1.165) is 21.5 Å². The zero-order valence-corrected chi connectivity index (χ0v) is 16.5. The highest BCUT2D eigenvalue weighted by atomic mass is 32.1. The molecule has 0 radical (unpaired) electrons. The molecule has 0 saturated carbocycles. The van der Waals surface area contributed by atoms with Crippen LogP contribution in [0.1, 0.15) is 32.3 Å². The van der Waals surface area contributed by atoms with Crippen LogP contribution in [0, 0.1) is 19.7 Å². The number of rotatable bonds is 5. The average molecular weight is 415 g/mol. The summed E-state index contributed by atoms with van der Waals surface area (Å²) < 4.78 is 14.6. The number of fused-ring (bicyclic) bond motifs is 1. The smallest absolute Gasteiger partial charge is 0.355 e. The molecule has 0 bridgehead atoms. The molecule has 2 N–H and O–H groups in total. The van der Waals surface area contributed by atoms with Gasteiger partial charge in [0.05, 0.1) is 15.4 Å². The Bertz CT molecular complexity index is 1200. The van der Waals surface area contributed by atoms with Crippen molar-refractivity contribution in [3.8, 4) is 0 Å². The van der Waals surface area contributed by atoms with Gasteiger partial charge in [-0.15, -0.1) is 16.4 Å². The molecule has 3 heterocycles. The zero-order chi connectivity index (χ0) is 19.8. The Morgan fingerprint density at radius 1 is 1.21 bits per heavy atom. The van der Waals surface area contributed by atoms with Crippen molar-refractivity contribution in [2.75, 3.05) is 5.32 Å². The van der Waals surface area contributed by atoms with E-state index in [2.05, 4.69) is 25.5 Å². The molecule has 0 saturated heterocycles. The van der Waals surface area contributed by atoms with E-state index >= 15 is 0 Å². The lowest BCUT2D eigenvalue weighted by Crippen LogP contribution is -2.06. The third-order valence-electron chi connectivity index (χ3n) is 4.31. The molecule has 28 heavy (non-hydrogen) atoms. The van der Waals surface area contributed by atoms with E-state index in [4.69, 9.17) is 5.11 Å². The summed E-state index contributed by atoms with van der Waals surface area (Å²) in [6, 6.07) is 4.84. The summed E-state index contributed by atoms with van der Waals surface area (Å²) in [5, 5.41) is 23.3. The molecule has 0 amide bonds. The molecular weight excluding hydrogens is 401 g/mol. The van der Waals surface area contributed by atoms with Gasteiger partial charge in [-0.1, -0.05) is 17.4 Å². The third-order valence-corrected chi connectivity index (χ3v) is 6.09. The molecule has 0 unspecified atom stereocenters. The van der Waals surface area contributed by atoms with Gasteiger partial charge in [0.25, 0.3) is 0 Å². The molecule has 7 nitrogen and oxygen atoms in total. The van der Waals surface area contributed by atoms with Crippen molar-refractivity contribution >= 4 is 49.8 Å². The number of nitrogens with one attached hydrogen (secondary N) is 1. The lowest BCUT2D eigenvalue weighted by molar-refractivity contribution is 0.0691. The lowest BCUT2D eigenvalue weighted by atomic mass is 10.1. The fraction of sp³-hybridized carbons (Fsp3) is 0.167. The van der Waals surface area contributed by atoms with Crippen LogP contribution in [0.3, 0.4) is 0 Å². The van der Waals surface area contributed by atoms with Crippen molar-refractivity contribution in [2.45, 2.75) is 20.3 Å². The van der Waals surface area contributed by atoms with E-state index in [1.807, 2.05) is 19.9 Å². The van der Waals surface area contributed by atoms with Gasteiger partial charge >= 0.3 is 5.97 Å². The molecule has 0 fully saturated rings. The van der Waals surface area contributed by atoms with Crippen LogP contribution in [0.2, 0.25) is 0 Å². The highest BCUT2D eigenvalue weighted by molar-refractivity contribution is 7.22. The first-order valence-electron chi connectivity index (χ1n) is 8.25. The Balaban J connectivity index is 1.59. The van der Waals surface area contributed by atoms with Crippen LogP contribution in [0.25, 0.3) is 10.2 Å². The lowest BCUT2D eigenvalue weighted by Gasteiger charge is -2.10. The van der Waals surface area contributed by atoms with Crippen LogP contribution in [0.15, 0.2) is 23.6 Å². The predicted octanol–water partition coefficient (Wildman–Crippen LogP) is 4.33. The van der Waals surface area contributed by atoms with Gasteiger partial charge in [-0.05, 0) is 37.1 Å². The van der Waals surface area contributed by atoms with Gasteiger partial charge in [-0.2, -0.15) is 5.10 Å². The van der Waals surface area contributed by atoms with Crippen molar-refractivity contribution < 1.29 is 14.3 Å². The number of benzene rings is 1. The Labute approximate surface area is 166 Å². The first-order valence-corrected chi connectivity index (χ1v) is 9.94. The van der Waals surface area contributed by atoms with Crippen LogP contribution in [-0.4, -0.2) is 31.2 Å². The summed E-state index contributed by atoms with van der Waals surface area (Å²) in [5.41, 5.74) is 2.90. The topological polar surface area (TPSA) is 101 Å². The maximum Gasteiger partial charge on any atom is 0.355 e. The standard InChI is InChI=1S/C18H14FN5O2S2/c1-8-9(2)16(22-18-21-15-10(19)4-3-5-13(15)28-18)24-23-11(8)6-14-20-12(7-27-14)17(25)26/h3-5,7H,6H2,1-2H3,(H,25,26)(H,21,22,24). The van der Waals surface area contributed by atoms with Crippen molar-refractivity contribution in [3.05, 3.63) is 56.9 Å². The maximum atomic E-state index is 13.8. The van der Waals surface area contributed by atoms with E-state index in [-0.39, 0.29) is 11.5 Å². The second kappa shape index (κ2) is 7.21. The number of hydrogen-bond acceptors (Lipinski definition) is 8. The van der Waals surface area contributed by atoms with Crippen molar-refractivity contribution in [1.82, 2.24) is 20.2 Å². The molecule has 0 aliphatic carbocycles. The number of carbonyl (C=O) groups is 1. The van der Waals surface area contributed by atoms with Crippen LogP contribution < -0.4 is 5.32 Å². The van der Waals surface area contributed by atoms with Crippen molar-refractivity contribution in [3.63, 3.8) is 0 Å². The summed E-state index contributed by atoms with van der Waals surface area (Å²) in [5.74, 6) is -0.861. The van der Waals surface area contributed by atoms with Gasteiger partial charge in [-0.3, -0.25) is 0 Å². The number of carboxylic acid groups (broad SMARTS) is 1. The fourth-order valence-electron chi connectivity index (χ4n) is 2.64. The van der Waals surface area contributed by atoms with Gasteiger partial charge in [0.1, 0.15) is 11.3 Å². The molecule has 142 valence electrons. The monoisotopic (exact) mass is 415 g/mol. The Morgan fingerprint density at radius 2 is 2.04 bits per heavy atom. The summed E-state index contributed by atoms with van der Waals surface area (Å²) >= 11 is 2.62. The van der Waals surface area contributed by atoms with E-state index in [1.54, 1.807) is 6.07 Å². The molecule has 10 heteroatoms. The number of thiazole rings is 2. The van der Waals surface area contributed by atoms with Crippen LogP contribution in [-0.2, 0) is 6.42 Å². The summed E-state index contributed by atoms with van der Waals surface area (Å²) in [7, 11) is 0. The van der Waals surface area contributed by atoms with Crippen LogP contribution >= 0.6 is 22.7 Å². The minimum Gasteiger partial charge on any atom is -0.476 e. The minimum absolute atomic E-state index is 0.0312. The number of nitrogens with zero attached hydrogens (tertiary/aromatic N) is 4. The Hall–Kier alpha value is -2.98. The zero-order valence-electron chi connectivity index (χ0n) is 14.9. The van der Waals surface area contributed by atoms with Gasteiger partial charge < -0.3 is 10.4 Å². The van der Waals surface area contributed by atoms with E-state index < -0.39 is 5.97 Å². The molecule has 3 aromatic heterocycles. The molecule has 0 atom stereocenters. The van der Waals surface area contributed by atoms with Crippen LogP contribution in [0.5, 0.6) is 0 Å². The first kappa shape index (κ1) is 18.4. The van der Waals surface area contributed by atoms with Crippen molar-refractivity contribution in [1.29, 1.82) is 0 Å². The van der Waals surface area contributed by atoms with Crippen LogP contribution in [0.4, 0.5) is 15.3 Å². The highest BCUT2D eigenvalue weighted by Gasteiger charge is 2.15. The normalized spacial score (nSPS) is 11.1. The van der Waals surface area contributed by atoms with Gasteiger partial charge in [0.2, 0.25) is 0 Å². The quantitative estimate of drug-likeness (QED) is 0.500. The summed E-state index contributed by atoms with van der Waals surface area (Å²) in [6.07, 6.45) is 0.407. The largest absolute Gasteiger partial charge is 0.476 e. The number of anilines is 2. The first-order chi connectivity index (χ1) is 13.4. The molecular formula is C18H14FN5O2S2. The van der Waals surface area contributed by atoms with Gasteiger partial charge in [-0.25, -0.2) is 19.2 Å². The highest BCUT2D eigenvalue weighted by Crippen LogP contribution is 2.30. The summed E-state index contributed by atoms with van der Waals surface area (Å²) in [6.45, 7) is 3.84. The molecule has 0 spiro atoms. The van der Waals surface area contributed by atoms with Gasteiger partial charge in [0, 0.05) is 11.8 Å². The molecule has 0 aliphatic heterocycles. The Morgan fingerprint density at radius 3 is 2.75 bits per heavy atom. The average Bonchev–Trinajstić information content (AvgIpc) is 3.29. The van der Waals surface area contributed by atoms with Crippen molar-refractivity contribution in [2.24, 2.45) is 0 Å². The second-order valence-electron chi connectivity index (χ2n) is 6.08. The number of halogens is 1. The number of hydrogen-bond donors (Lipinski definition) is 2. The molecule has 4 aromatic rings. The Kier molecular flexibility index (Phi) is 4.73. The molecule has 1 aromatic carbocycles. The van der Waals surface area contributed by atoms with Gasteiger partial charge in [0.15, 0.2) is 16.6 Å². The SMILES string of the molecule is Cc1c(Cc2nc(C(=O)O)cs2)nnc(Nc2nc3c(F)cccc3s2)c1C. The number of para-hydroxylation sites is 1.